The van der Waals surface area contributed by atoms with Crippen LogP contribution in [0.5, 0.6) is 0 Å². The number of benzene rings is 2. The number of urea groups is 1. The zero-order valence-corrected chi connectivity index (χ0v) is 24.5. The van der Waals surface area contributed by atoms with Crippen molar-refractivity contribution in [1.82, 2.24) is 25.4 Å². The van der Waals surface area contributed by atoms with Crippen LogP contribution >= 0.6 is 11.6 Å². The molecule has 11 heteroatoms. The summed E-state index contributed by atoms with van der Waals surface area (Å²) in [7, 11) is 1.73. The van der Waals surface area contributed by atoms with Crippen molar-refractivity contribution in [3.8, 4) is 0 Å². The van der Waals surface area contributed by atoms with E-state index in [0.717, 1.165) is 35.7 Å². The molecule has 1 fully saturated rings. The smallest absolute Gasteiger partial charge is 0.320 e. The molecule has 4 amide bonds. The van der Waals surface area contributed by atoms with Gasteiger partial charge in [-0.05, 0) is 42.3 Å². The fourth-order valence-corrected chi connectivity index (χ4v) is 4.69. The Labute approximate surface area is 245 Å². The van der Waals surface area contributed by atoms with Crippen LogP contribution in [0.15, 0.2) is 54.7 Å². The van der Waals surface area contributed by atoms with E-state index in [1.54, 1.807) is 24.2 Å². The maximum atomic E-state index is 12.6. The number of hydrogen-bond acceptors (Lipinski definition) is 5. The summed E-state index contributed by atoms with van der Waals surface area (Å²) in [6.45, 7) is 6.29. The van der Waals surface area contributed by atoms with Crippen LogP contribution in [0.1, 0.15) is 32.3 Å². The van der Waals surface area contributed by atoms with Crippen molar-refractivity contribution >= 4 is 46.0 Å². The van der Waals surface area contributed by atoms with E-state index in [2.05, 4.69) is 20.9 Å². The lowest BCUT2D eigenvalue weighted by Crippen LogP contribution is -2.49. The van der Waals surface area contributed by atoms with Gasteiger partial charge in [0.05, 0.1) is 11.6 Å². The maximum absolute atomic E-state index is 12.6. The predicted octanol–water partition coefficient (Wildman–Crippen LogP) is 4.46. The van der Waals surface area contributed by atoms with E-state index in [0.29, 0.717) is 38.4 Å². The van der Waals surface area contributed by atoms with Crippen LogP contribution in [0, 0.1) is 5.82 Å². The van der Waals surface area contributed by atoms with Gasteiger partial charge in [0, 0.05) is 57.8 Å². The van der Waals surface area contributed by atoms with Gasteiger partial charge >= 0.3 is 6.03 Å². The van der Waals surface area contributed by atoms with Crippen LogP contribution in [-0.4, -0.2) is 78.4 Å². The quantitative estimate of drug-likeness (QED) is 0.344. The zero-order valence-electron chi connectivity index (χ0n) is 23.8. The molecule has 2 aromatic carbocycles. The standard InChI is InChI=1S/C22H30N6O3.C8H8ClF/c1-16(29)27(2)19(8-5-10-28-11-9-23-15-21(28)30)14-25-22(31)26-20-12-17-6-3-4-7-18(17)13-24-20;1-2-6-4-3-5-7(10)8(6)9/h3-4,6-7,12-13,19,23H,5,8-11,14-15H2,1-2H3,(H2,24,25,26,31);3-5H,2H2,1H3. The van der Waals surface area contributed by atoms with Gasteiger partial charge in [0.25, 0.3) is 0 Å². The average molecular weight is 585 g/mol. The van der Waals surface area contributed by atoms with Crippen molar-refractivity contribution in [1.29, 1.82) is 0 Å². The maximum Gasteiger partial charge on any atom is 0.320 e. The minimum atomic E-state index is -0.373. The van der Waals surface area contributed by atoms with Crippen molar-refractivity contribution in [3.63, 3.8) is 0 Å². The third kappa shape index (κ3) is 9.68. The number of anilines is 1. The van der Waals surface area contributed by atoms with Gasteiger partial charge in [0.1, 0.15) is 11.6 Å². The van der Waals surface area contributed by atoms with Gasteiger partial charge in [-0.1, -0.05) is 54.9 Å². The molecule has 1 aromatic heterocycles. The Kier molecular flexibility index (Phi) is 12.3. The number of rotatable bonds is 9. The molecule has 1 unspecified atom stereocenters. The molecule has 1 aliphatic rings. The second-order valence-corrected chi connectivity index (χ2v) is 10.2. The second kappa shape index (κ2) is 15.9. The number of aryl methyl sites for hydroxylation is 1. The van der Waals surface area contributed by atoms with Crippen LogP contribution in [0.3, 0.4) is 0 Å². The SMILES string of the molecule is CC(=O)N(C)C(CCCN1CCNCC1=O)CNC(=O)Nc1cc2ccccc2cn1.CCc1cccc(F)c1Cl. The van der Waals surface area contributed by atoms with Gasteiger partial charge in [-0.25, -0.2) is 14.2 Å². The zero-order chi connectivity index (χ0) is 29.8. The van der Waals surface area contributed by atoms with Crippen LogP contribution in [-0.2, 0) is 16.0 Å². The molecule has 3 aromatic rings. The predicted molar refractivity (Wildman–Crippen MR) is 160 cm³/mol. The van der Waals surface area contributed by atoms with Crippen molar-refractivity contribution in [2.24, 2.45) is 0 Å². The highest BCUT2D eigenvalue weighted by atomic mass is 35.5. The summed E-state index contributed by atoms with van der Waals surface area (Å²) in [4.78, 5) is 43.9. The number of halogens is 2. The fraction of sp³-hybridized carbons (Fsp3) is 0.400. The number of likely N-dealkylation sites (N-methyl/N-ethyl adjacent to an activating group) is 1. The summed E-state index contributed by atoms with van der Waals surface area (Å²) in [5, 5.41) is 10.9. The molecule has 1 atom stereocenters. The van der Waals surface area contributed by atoms with E-state index in [1.165, 1.54) is 13.0 Å². The number of piperazine rings is 1. The van der Waals surface area contributed by atoms with E-state index >= 15 is 0 Å². The van der Waals surface area contributed by atoms with Crippen LogP contribution in [0.2, 0.25) is 5.02 Å². The Morgan fingerprint density at radius 3 is 2.63 bits per heavy atom. The molecule has 0 aliphatic carbocycles. The number of fused-ring (bicyclic) bond motifs is 1. The lowest BCUT2D eigenvalue weighted by Gasteiger charge is -2.30. The Bertz CT molecular complexity index is 1340. The van der Waals surface area contributed by atoms with Crippen molar-refractivity contribution in [2.45, 2.75) is 39.2 Å². The number of aromatic nitrogens is 1. The lowest BCUT2D eigenvalue weighted by atomic mass is 10.1. The Morgan fingerprint density at radius 2 is 1.95 bits per heavy atom. The highest BCUT2D eigenvalue weighted by Crippen LogP contribution is 2.19. The normalized spacial score (nSPS) is 13.7. The molecule has 0 spiro atoms. The molecule has 0 radical (unpaired) electrons. The summed E-state index contributed by atoms with van der Waals surface area (Å²) in [6.07, 6.45) is 3.93. The van der Waals surface area contributed by atoms with E-state index in [9.17, 15) is 18.8 Å². The minimum Gasteiger partial charge on any atom is -0.341 e. The van der Waals surface area contributed by atoms with E-state index in [-0.39, 0.29) is 34.7 Å². The van der Waals surface area contributed by atoms with Crippen molar-refractivity contribution in [3.05, 3.63) is 71.1 Å². The monoisotopic (exact) mass is 584 g/mol. The summed E-state index contributed by atoms with van der Waals surface area (Å²) < 4.78 is 12.6. The summed E-state index contributed by atoms with van der Waals surface area (Å²) in [5.41, 5.74) is 0.863. The number of carbonyl (C=O) groups excluding carboxylic acids is 3. The molecule has 1 saturated heterocycles. The second-order valence-electron chi connectivity index (χ2n) is 9.80. The molecular formula is C30H38ClFN6O3. The van der Waals surface area contributed by atoms with Gasteiger partial charge in [0.2, 0.25) is 11.8 Å². The third-order valence-electron chi connectivity index (χ3n) is 6.98. The van der Waals surface area contributed by atoms with Crippen molar-refractivity contribution < 1.29 is 18.8 Å². The number of pyridine rings is 1. The first kappa shape index (κ1) is 31.8. The topological polar surface area (TPSA) is 107 Å². The molecule has 0 bridgehead atoms. The Balaban J connectivity index is 0.000000389. The largest absolute Gasteiger partial charge is 0.341 e. The van der Waals surface area contributed by atoms with Gasteiger partial charge in [-0.3, -0.25) is 14.9 Å². The van der Waals surface area contributed by atoms with Gasteiger partial charge < -0.3 is 20.4 Å². The first-order chi connectivity index (χ1) is 19.7. The molecule has 41 heavy (non-hydrogen) atoms. The number of amides is 4. The molecule has 0 saturated carbocycles. The Morgan fingerprint density at radius 1 is 1.20 bits per heavy atom. The number of hydrogen-bond donors (Lipinski definition) is 3. The van der Waals surface area contributed by atoms with Crippen LogP contribution in [0.4, 0.5) is 15.0 Å². The molecule has 2 heterocycles. The van der Waals surface area contributed by atoms with E-state index < -0.39 is 0 Å². The molecular weight excluding hydrogens is 547 g/mol. The van der Waals surface area contributed by atoms with Crippen LogP contribution in [0.25, 0.3) is 10.8 Å². The highest BCUT2D eigenvalue weighted by molar-refractivity contribution is 6.31. The molecule has 4 rings (SSSR count). The summed E-state index contributed by atoms with van der Waals surface area (Å²) >= 11 is 5.62. The van der Waals surface area contributed by atoms with Crippen LogP contribution < -0.4 is 16.0 Å². The minimum absolute atomic E-state index is 0.0679. The Hall–Kier alpha value is -3.76. The first-order valence-electron chi connectivity index (χ1n) is 13.7. The fourth-order valence-electron chi connectivity index (χ4n) is 4.43. The molecule has 9 nitrogen and oxygen atoms in total. The highest BCUT2D eigenvalue weighted by Gasteiger charge is 2.21. The number of nitrogens with one attached hydrogen (secondary N) is 3. The van der Waals surface area contributed by atoms with Crippen molar-refractivity contribution in [2.75, 3.05) is 45.1 Å². The van der Waals surface area contributed by atoms with Gasteiger partial charge in [-0.15, -0.1) is 0 Å². The first-order valence-corrected chi connectivity index (χ1v) is 14.1. The van der Waals surface area contributed by atoms with Gasteiger partial charge in [-0.2, -0.15) is 0 Å². The molecule has 3 N–H and O–H groups in total. The lowest BCUT2D eigenvalue weighted by molar-refractivity contribution is -0.132. The summed E-state index contributed by atoms with van der Waals surface area (Å²) in [5.74, 6) is 0.163. The number of carbonyl (C=O) groups is 3. The molecule has 220 valence electrons. The van der Waals surface area contributed by atoms with Gasteiger partial charge in [0.15, 0.2) is 0 Å². The van der Waals surface area contributed by atoms with E-state index in [1.807, 2.05) is 48.2 Å². The average Bonchev–Trinajstić information content (AvgIpc) is 2.97. The number of nitrogens with zero attached hydrogens (tertiary/aromatic N) is 3. The molecule has 1 aliphatic heterocycles. The van der Waals surface area contributed by atoms with E-state index in [4.69, 9.17) is 11.6 Å². The summed E-state index contributed by atoms with van der Waals surface area (Å²) in [6, 6.07) is 13.9. The third-order valence-corrected chi connectivity index (χ3v) is 7.40.